The number of hydrogen-bond acceptors (Lipinski definition) is 3. The van der Waals surface area contributed by atoms with Crippen molar-refractivity contribution in [2.24, 2.45) is 14.1 Å². The number of anilines is 1. The van der Waals surface area contributed by atoms with E-state index >= 15 is 0 Å². The molecule has 0 atom stereocenters. The summed E-state index contributed by atoms with van der Waals surface area (Å²) in [7, 11) is 3.53. The van der Waals surface area contributed by atoms with Gasteiger partial charge < -0.3 is 10.3 Å². The molecule has 0 radical (unpaired) electrons. The smallest absolute Gasteiger partial charge is 0.332 e. The first-order valence-corrected chi connectivity index (χ1v) is 6.20. The van der Waals surface area contributed by atoms with Crippen LogP contribution in [0.25, 0.3) is 16.9 Å². The van der Waals surface area contributed by atoms with Crippen molar-refractivity contribution in [3.8, 4) is 16.9 Å². The minimum absolute atomic E-state index is 0.0696. The second-order valence-electron chi connectivity index (χ2n) is 4.69. The molecule has 0 aliphatic rings. The Morgan fingerprint density at radius 1 is 1.10 bits per heavy atom. The van der Waals surface area contributed by atoms with Gasteiger partial charge in [-0.15, -0.1) is 0 Å². The molecule has 0 fully saturated rings. The number of aromatic nitrogens is 4. The molecule has 3 aromatic rings. The second-order valence-corrected chi connectivity index (χ2v) is 4.69. The molecule has 0 saturated carbocycles. The van der Waals surface area contributed by atoms with Crippen LogP contribution >= 0.6 is 0 Å². The van der Waals surface area contributed by atoms with Crippen molar-refractivity contribution >= 4 is 5.82 Å². The molecule has 0 saturated heterocycles. The van der Waals surface area contributed by atoms with Crippen molar-refractivity contribution < 1.29 is 0 Å². The largest absolute Gasteiger partial charge is 0.384 e. The second kappa shape index (κ2) is 4.41. The molecule has 20 heavy (non-hydrogen) atoms. The summed E-state index contributed by atoms with van der Waals surface area (Å²) in [6, 6.07) is 9.46. The molecule has 2 heterocycles. The summed E-state index contributed by atoms with van der Waals surface area (Å²) < 4.78 is 4.76. The third-order valence-electron chi connectivity index (χ3n) is 3.30. The molecule has 0 spiro atoms. The number of nitrogens with zero attached hydrogens (tertiary/aromatic N) is 4. The van der Waals surface area contributed by atoms with Gasteiger partial charge in [-0.25, -0.2) is 4.79 Å². The molecule has 1 aromatic carbocycles. The summed E-state index contributed by atoms with van der Waals surface area (Å²) in [4.78, 5) is 11.9. The zero-order valence-corrected chi connectivity index (χ0v) is 11.3. The SMILES string of the molecule is Cn1nc(-c2ccc(-n3ccn(C)c3=O)cc2)cc1N. The van der Waals surface area contributed by atoms with Crippen LogP contribution in [0, 0.1) is 0 Å². The lowest BCUT2D eigenvalue weighted by Crippen LogP contribution is -2.20. The van der Waals surface area contributed by atoms with Crippen molar-refractivity contribution in [3.05, 3.63) is 53.2 Å². The fourth-order valence-electron chi connectivity index (χ4n) is 2.08. The van der Waals surface area contributed by atoms with Crippen LogP contribution in [0.15, 0.2) is 47.5 Å². The summed E-state index contributed by atoms with van der Waals surface area (Å²) in [6.07, 6.45) is 3.48. The van der Waals surface area contributed by atoms with E-state index in [2.05, 4.69) is 5.10 Å². The Kier molecular flexibility index (Phi) is 2.71. The van der Waals surface area contributed by atoms with Gasteiger partial charge in [0.2, 0.25) is 0 Å². The monoisotopic (exact) mass is 269 g/mol. The first-order chi connectivity index (χ1) is 9.56. The van der Waals surface area contributed by atoms with Gasteiger partial charge in [-0.3, -0.25) is 9.25 Å². The van der Waals surface area contributed by atoms with Gasteiger partial charge in [0, 0.05) is 38.1 Å². The number of aryl methyl sites for hydroxylation is 2. The first kappa shape index (κ1) is 12.3. The maximum absolute atomic E-state index is 11.9. The van der Waals surface area contributed by atoms with Crippen LogP contribution in [0.3, 0.4) is 0 Å². The predicted molar refractivity (Wildman–Crippen MR) is 77.6 cm³/mol. The zero-order chi connectivity index (χ0) is 14.3. The van der Waals surface area contributed by atoms with E-state index in [1.165, 1.54) is 4.57 Å². The van der Waals surface area contributed by atoms with Crippen LogP contribution < -0.4 is 11.4 Å². The Bertz CT molecular complexity index is 787. The average molecular weight is 269 g/mol. The molecule has 0 aliphatic carbocycles. The first-order valence-electron chi connectivity index (χ1n) is 6.20. The van der Waals surface area contributed by atoms with E-state index in [1.54, 1.807) is 35.7 Å². The van der Waals surface area contributed by atoms with Gasteiger partial charge in [-0.1, -0.05) is 12.1 Å². The molecule has 6 nitrogen and oxygen atoms in total. The Hall–Kier alpha value is -2.76. The van der Waals surface area contributed by atoms with Gasteiger partial charge >= 0.3 is 5.69 Å². The fraction of sp³-hybridized carbons (Fsp3) is 0.143. The molecule has 0 unspecified atom stereocenters. The number of imidazole rings is 1. The molecule has 6 heteroatoms. The summed E-state index contributed by atoms with van der Waals surface area (Å²) in [5, 5.41) is 4.32. The van der Waals surface area contributed by atoms with E-state index in [0.717, 1.165) is 16.9 Å². The van der Waals surface area contributed by atoms with E-state index < -0.39 is 0 Å². The van der Waals surface area contributed by atoms with E-state index in [-0.39, 0.29) is 5.69 Å². The quantitative estimate of drug-likeness (QED) is 0.759. The van der Waals surface area contributed by atoms with Crippen molar-refractivity contribution in [2.45, 2.75) is 0 Å². The highest BCUT2D eigenvalue weighted by Crippen LogP contribution is 2.21. The molecular weight excluding hydrogens is 254 g/mol. The highest BCUT2D eigenvalue weighted by Gasteiger charge is 2.06. The Morgan fingerprint density at radius 3 is 2.30 bits per heavy atom. The highest BCUT2D eigenvalue weighted by molar-refractivity contribution is 5.63. The Morgan fingerprint density at radius 2 is 1.80 bits per heavy atom. The number of hydrogen-bond donors (Lipinski definition) is 1. The minimum atomic E-state index is -0.0696. The lowest BCUT2D eigenvalue weighted by Gasteiger charge is -2.02. The van der Waals surface area contributed by atoms with Gasteiger partial charge in [0.05, 0.1) is 11.4 Å². The summed E-state index contributed by atoms with van der Waals surface area (Å²) in [6.45, 7) is 0. The zero-order valence-electron chi connectivity index (χ0n) is 11.3. The van der Waals surface area contributed by atoms with Gasteiger partial charge in [-0.05, 0) is 12.1 Å². The van der Waals surface area contributed by atoms with E-state index in [0.29, 0.717) is 5.82 Å². The number of benzene rings is 1. The molecule has 0 aliphatic heterocycles. The maximum Gasteiger partial charge on any atom is 0.332 e. The third-order valence-corrected chi connectivity index (χ3v) is 3.30. The Labute approximate surface area is 115 Å². The molecule has 2 aromatic heterocycles. The third kappa shape index (κ3) is 1.91. The van der Waals surface area contributed by atoms with Crippen LogP contribution in [0.2, 0.25) is 0 Å². The molecule has 0 bridgehead atoms. The van der Waals surface area contributed by atoms with Crippen LogP contribution in [0.5, 0.6) is 0 Å². The molecular formula is C14H15N5O. The van der Waals surface area contributed by atoms with Gasteiger partial charge in [-0.2, -0.15) is 5.10 Å². The molecule has 102 valence electrons. The van der Waals surface area contributed by atoms with Crippen molar-refractivity contribution in [1.82, 2.24) is 18.9 Å². The number of rotatable bonds is 2. The Balaban J connectivity index is 1.99. The summed E-state index contributed by atoms with van der Waals surface area (Å²) in [5.41, 5.74) is 8.31. The van der Waals surface area contributed by atoms with Crippen LogP contribution in [-0.2, 0) is 14.1 Å². The lowest BCUT2D eigenvalue weighted by atomic mass is 10.1. The van der Waals surface area contributed by atoms with Crippen LogP contribution in [0.4, 0.5) is 5.82 Å². The average Bonchev–Trinajstić information content (AvgIpc) is 2.95. The van der Waals surface area contributed by atoms with Gasteiger partial charge in [0.15, 0.2) is 0 Å². The van der Waals surface area contributed by atoms with E-state index in [1.807, 2.05) is 30.3 Å². The number of nitrogen functional groups attached to an aromatic ring is 1. The van der Waals surface area contributed by atoms with Crippen LogP contribution in [0.1, 0.15) is 0 Å². The maximum atomic E-state index is 11.9. The van der Waals surface area contributed by atoms with E-state index in [9.17, 15) is 4.79 Å². The normalized spacial score (nSPS) is 10.9. The van der Waals surface area contributed by atoms with Gasteiger partial charge in [0.25, 0.3) is 0 Å². The van der Waals surface area contributed by atoms with Crippen LogP contribution in [-0.4, -0.2) is 18.9 Å². The van der Waals surface area contributed by atoms with Crippen molar-refractivity contribution in [1.29, 1.82) is 0 Å². The van der Waals surface area contributed by atoms with Gasteiger partial charge in [0.1, 0.15) is 5.82 Å². The van der Waals surface area contributed by atoms with Crippen molar-refractivity contribution in [2.75, 3.05) is 5.73 Å². The fourth-order valence-corrected chi connectivity index (χ4v) is 2.08. The highest BCUT2D eigenvalue weighted by atomic mass is 16.1. The minimum Gasteiger partial charge on any atom is -0.384 e. The predicted octanol–water partition coefficient (Wildman–Crippen LogP) is 1.16. The van der Waals surface area contributed by atoms with E-state index in [4.69, 9.17) is 5.73 Å². The topological polar surface area (TPSA) is 70.8 Å². The molecule has 3 rings (SSSR count). The summed E-state index contributed by atoms with van der Waals surface area (Å²) in [5.74, 6) is 0.614. The number of nitrogens with two attached hydrogens (primary N) is 1. The molecule has 0 amide bonds. The summed E-state index contributed by atoms with van der Waals surface area (Å²) >= 11 is 0. The standard InChI is InChI=1S/C14H15N5O/c1-17-7-8-19(14(17)20)11-5-3-10(4-6-11)12-9-13(15)18(2)16-12/h3-9H,15H2,1-2H3. The molecule has 2 N–H and O–H groups in total. The lowest BCUT2D eigenvalue weighted by molar-refractivity contribution is 0.782. The van der Waals surface area contributed by atoms with Crippen molar-refractivity contribution in [3.63, 3.8) is 0 Å².